The number of carbonyl (C=O) groups is 3. The molecule has 8 nitrogen and oxygen atoms in total. The van der Waals surface area contributed by atoms with Crippen LogP contribution in [0.2, 0.25) is 0 Å². The molecule has 0 aromatic heterocycles. The standard InChI is InChI=1S/C61H113NO7/c1-6-8-10-12-14-16-18-20-22-24-26-28-30-32-33-35-37-39-41-43-45-47-49-51-59(63)68-56-57(55-67-54-53-58(61(65)66)62(3,4)5)69-60(64)52-50-48-46-44-42-40-38-36-34-31-29-27-25-23-21-19-17-15-13-11-9-7-2/h8,10,14,16,20,22,57-58H,6-7,9,11-13,15,17-19,21,23-56H2,1-5H3/b10-8+,16-14+,22-20+. The lowest BCUT2D eigenvalue weighted by atomic mass is 10.0. The van der Waals surface area contributed by atoms with Crippen molar-refractivity contribution in [3.05, 3.63) is 36.5 Å². The molecule has 0 aromatic rings. The van der Waals surface area contributed by atoms with Crippen molar-refractivity contribution in [3.8, 4) is 0 Å². The monoisotopic (exact) mass is 972 g/mol. The molecule has 0 fully saturated rings. The first-order valence-corrected chi connectivity index (χ1v) is 29.5. The summed E-state index contributed by atoms with van der Waals surface area (Å²) >= 11 is 0. The Morgan fingerprint density at radius 2 is 0.812 bits per heavy atom. The first kappa shape index (κ1) is 66.6. The number of ether oxygens (including phenoxy) is 3. The van der Waals surface area contributed by atoms with Crippen molar-refractivity contribution in [1.82, 2.24) is 0 Å². The van der Waals surface area contributed by atoms with Gasteiger partial charge in [-0.3, -0.25) is 9.59 Å². The maximum atomic E-state index is 12.8. The number of quaternary nitrogens is 1. The molecule has 69 heavy (non-hydrogen) atoms. The number of aliphatic carboxylic acids is 1. The highest BCUT2D eigenvalue weighted by Gasteiger charge is 2.25. The van der Waals surface area contributed by atoms with Crippen LogP contribution in [0.1, 0.15) is 284 Å². The Hall–Kier alpha value is -2.45. The molecule has 0 spiro atoms. The van der Waals surface area contributed by atoms with Crippen LogP contribution in [0.25, 0.3) is 0 Å². The van der Waals surface area contributed by atoms with Gasteiger partial charge in [-0.2, -0.15) is 0 Å². The average Bonchev–Trinajstić information content (AvgIpc) is 3.31. The summed E-state index contributed by atoms with van der Waals surface area (Å²) < 4.78 is 17.3. The second-order valence-corrected chi connectivity index (χ2v) is 21.2. The van der Waals surface area contributed by atoms with Gasteiger partial charge < -0.3 is 28.6 Å². The molecule has 0 aromatic carbocycles. The van der Waals surface area contributed by atoms with Crippen LogP contribution < -0.4 is 5.11 Å². The van der Waals surface area contributed by atoms with E-state index < -0.39 is 18.1 Å². The first-order chi connectivity index (χ1) is 33.6. The van der Waals surface area contributed by atoms with Crippen molar-refractivity contribution in [2.24, 2.45) is 0 Å². The molecule has 0 saturated heterocycles. The zero-order valence-corrected chi connectivity index (χ0v) is 46.2. The highest BCUT2D eigenvalue weighted by molar-refractivity contribution is 5.70. The van der Waals surface area contributed by atoms with E-state index in [9.17, 15) is 19.5 Å². The fraction of sp³-hybridized carbons (Fsp3) is 0.852. The molecule has 0 aliphatic carbocycles. The van der Waals surface area contributed by atoms with E-state index in [0.717, 1.165) is 57.8 Å². The van der Waals surface area contributed by atoms with Crippen LogP contribution in [0, 0.1) is 0 Å². The summed E-state index contributed by atoms with van der Waals surface area (Å²) in [4.78, 5) is 37.2. The van der Waals surface area contributed by atoms with Crippen molar-refractivity contribution in [3.63, 3.8) is 0 Å². The van der Waals surface area contributed by atoms with Crippen molar-refractivity contribution in [2.45, 2.75) is 296 Å². The van der Waals surface area contributed by atoms with Crippen LogP contribution in [-0.2, 0) is 28.6 Å². The van der Waals surface area contributed by atoms with Gasteiger partial charge in [0.25, 0.3) is 0 Å². The molecule has 0 radical (unpaired) electrons. The van der Waals surface area contributed by atoms with Crippen LogP contribution in [0.5, 0.6) is 0 Å². The van der Waals surface area contributed by atoms with Gasteiger partial charge in [-0.05, 0) is 44.9 Å². The topological polar surface area (TPSA) is 102 Å². The number of nitrogens with zero attached hydrogens (tertiary/aromatic N) is 1. The summed E-state index contributed by atoms with van der Waals surface area (Å²) in [5.74, 6) is -1.71. The Labute approximate surface area is 427 Å². The number of hydrogen-bond donors (Lipinski definition) is 0. The van der Waals surface area contributed by atoms with E-state index in [1.807, 2.05) is 21.1 Å². The lowest BCUT2D eigenvalue weighted by molar-refractivity contribution is -0.889. The largest absolute Gasteiger partial charge is 0.544 e. The summed E-state index contributed by atoms with van der Waals surface area (Å²) in [6.45, 7) is 4.61. The molecular weight excluding hydrogens is 859 g/mol. The predicted molar refractivity (Wildman–Crippen MR) is 291 cm³/mol. The maximum Gasteiger partial charge on any atom is 0.306 e. The molecule has 0 saturated carbocycles. The highest BCUT2D eigenvalue weighted by atomic mass is 16.6. The zero-order valence-electron chi connectivity index (χ0n) is 46.2. The Balaban J connectivity index is 4.11. The average molecular weight is 973 g/mol. The van der Waals surface area contributed by atoms with E-state index in [-0.39, 0.29) is 42.7 Å². The number of carboxylic acid groups (broad SMARTS) is 1. The molecule has 0 N–H and O–H groups in total. The molecule has 2 unspecified atom stereocenters. The zero-order chi connectivity index (χ0) is 50.6. The number of unbranched alkanes of at least 4 members (excludes halogenated alkanes) is 34. The minimum Gasteiger partial charge on any atom is -0.544 e. The maximum absolute atomic E-state index is 12.8. The minimum atomic E-state index is -1.12. The number of allylic oxidation sites excluding steroid dienone is 6. The van der Waals surface area contributed by atoms with Crippen molar-refractivity contribution < 1.29 is 38.2 Å². The molecule has 0 aliphatic rings. The highest BCUT2D eigenvalue weighted by Crippen LogP contribution is 2.18. The van der Waals surface area contributed by atoms with Gasteiger partial charge in [0.05, 0.1) is 40.3 Å². The summed E-state index contributed by atoms with van der Waals surface area (Å²) in [7, 11) is 5.43. The molecule has 0 aliphatic heterocycles. The quantitative estimate of drug-likeness (QED) is 0.0259. The van der Waals surface area contributed by atoms with Crippen molar-refractivity contribution in [2.75, 3.05) is 41.0 Å². The van der Waals surface area contributed by atoms with Gasteiger partial charge in [-0.15, -0.1) is 0 Å². The first-order valence-electron chi connectivity index (χ1n) is 29.5. The predicted octanol–water partition coefficient (Wildman–Crippen LogP) is 16.4. The second kappa shape index (κ2) is 51.9. The van der Waals surface area contributed by atoms with Gasteiger partial charge in [0.1, 0.15) is 12.6 Å². The van der Waals surface area contributed by atoms with Crippen molar-refractivity contribution >= 4 is 17.9 Å². The number of carbonyl (C=O) groups excluding carboxylic acids is 3. The van der Waals surface area contributed by atoms with E-state index in [2.05, 4.69) is 50.3 Å². The van der Waals surface area contributed by atoms with Gasteiger partial charge in [-0.1, -0.05) is 256 Å². The molecule has 2 atom stereocenters. The minimum absolute atomic E-state index is 0.0452. The fourth-order valence-corrected chi connectivity index (χ4v) is 9.03. The van der Waals surface area contributed by atoms with Crippen LogP contribution >= 0.6 is 0 Å². The lowest BCUT2D eigenvalue weighted by Crippen LogP contribution is -2.55. The lowest BCUT2D eigenvalue weighted by Gasteiger charge is -2.34. The Kier molecular flexibility index (Phi) is 50.0. The second-order valence-electron chi connectivity index (χ2n) is 21.2. The number of carboxylic acids is 1. The van der Waals surface area contributed by atoms with Crippen LogP contribution in [0.4, 0.5) is 0 Å². The Bertz CT molecular complexity index is 1220. The summed E-state index contributed by atoms with van der Waals surface area (Å²) in [5.41, 5.74) is 0. The third kappa shape index (κ3) is 50.3. The van der Waals surface area contributed by atoms with Crippen LogP contribution in [0.3, 0.4) is 0 Å². The van der Waals surface area contributed by atoms with Gasteiger partial charge in [0.2, 0.25) is 0 Å². The van der Waals surface area contributed by atoms with E-state index in [1.165, 1.54) is 193 Å². The molecular formula is C61H113NO7. The van der Waals surface area contributed by atoms with E-state index in [1.54, 1.807) is 0 Å². The summed E-state index contributed by atoms with van der Waals surface area (Å²) in [5, 5.41) is 11.7. The SMILES string of the molecule is CC/C=C/C/C=C/C/C=C/CCCCCCCCCCCCCCCC(=O)OCC(COCCC(C(=O)[O-])[N+](C)(C)C)OC(=O)CCCCCCCCCCCCCCCCCCCCCCCC. The Morgan fingerprint density at radius 1 is 0.449 bits per heavy atom. The molecule has 404 valence electrons. The van der Waals surface area contributed by atoms with Gasteiger partial charge >= 0.3 is 11.9 Å². The summed E-state index contributed by atoms with van der Waals surface area (Å²) in [6, 6.07) is -0.725. The summed E-state index contributed by atoms with van der Waals surface area (Å²) in [6.07, 6.45) is 63.3. The number of likely N-dealkylation sites (N-methyl/N-ethyl adjacent to an activating group) is 1. The van der Waals surface area contributed by atoms with E-state index >= 15 is 0 Å². The molecule has 0 heterocycles. The molecule has 0 rings (SSSR count). The smallest absolute Gasteiger partial charge is 0.306 e. The Morgan fingerprint density at radius 3 is 1.20 bits per heavy atom. The molecule has 8 heteroatoms. The van der Waals surface area contributed by atoms with Gasteiger partial charge in [0.15, 0.2) is 6.10 Å². The number of hydrogen-bond acceptors (Lipinski definition) is 7. The van der Waals surface area contributed by atoms with Gasteiger partial charge in [-0.25, -0.2) is 0 Å². The third-order valence-electron chi connectivity index (χ3n) is 13.5. The number of rotatable bonds is 54. The van der Waals surface area contributed by atoms with E-state index in [0.29, 0.717) is 12.8 Å². The fourth-order valence-electron chi connectivity index (χ4n) is 9.03. The normalized spacial score (nSPS) is 13.0. The third-order valence-corrected chi connectivity index (χ3v) is 13.5. The van der Waals surface area contributed by atoms with E-state index in [4.69, 9.17) is 14.2 Å². The molecule has 0 amide bonds. The van der Waals surface area contributed by atoms with Crippen LogP contribution in [0.15, 0.2) is 36.5 Å². The number of esters is 2. The molecule has 0 bridgehead atoms. The van der Waals surface area contributed by atoms with Crippen molar-refractivity contribution in [1.29, 1.82) is 0 Å². The van der Waals surface area contributed by atoms with Gasteiger partial charge in [0, 0.05) is 19.3 Å². The van der Waals surface area contributed by atoms with Crippen LogP contribution in [-0.4, -0.2) is 75.5 Å².